The lowest BCUT2D eigenvalue weighted by molar-refractivity contribution is -0.145. The molecule has 1 atom stereocenters. The van der Waals surface area contributed by atoms with Gasteiger partial charge in [-0.1, -0.05) is 19.1 Å². The molecule has 1 unspecified atom stereocenters. The van der Waals surface area contributed by atoms with Crippen molar-refractivity contribution >= 4 is 12.4 Å². The predicted octanol–water partition coefficient (Wildman–Crippen LogP) is 1.52. The summed E-state index contributed by atoms with van der Waals surface area (Å²) in [6.45, 7) is 4.05. The molecular weight excluding hydrogens is 234 g/mol. The van der Waals surface area contributed by atoms with E-state index < -0.39 is 11.5 Å². The Morgan fingerprint density at radius 3 is 2.50 bits per heavy atom. The van der Waals surface area contributed by atoms with Crippen molar-refractivity contribution in [1.29, 1.82) is 0 Å². The summed E-state index contributed by atoms with van der Waals surface area (Å²) in [5.41, 5.74) is -0.934. The smallest absolute Gasteiger partial charge is 0.333 e. The summed E-state index contributed by atoms with van der Waals surface area (Å²) < 4.78 is 5.41. The zero-order chi connectivity index (χ0) is 13.6. The quantitative estimate of drug-likeness (QED) is 0.720. The molecule has 0 spiro atoms. The van der Waals surface area contributed by atoms with Gasteiger partial charge in [0.2, 0.25) is 6.41 Å². The Labute approximate surface area is 106 Å². The number of carbonyl (C=O) groups is 2. The van der Waals surface area contributed by atoms with Crippen LogP contribution in [-0.2, 0) is 15.1 Å². The van der Waals surface area contributed by atoms with Crippen molar-refractivity contribution in [1.82, 2.24) is 5.32 Å². The number of carbonyl (C=O) groups excluding carboxylic acids is 1. The summed E-state index contributed by atoms with van der Waals surface area (Å²) >= 11 is 0. The lowest BCUT2D eigenvalue weighted by atomic mass is 9.92. The fourth-order valence-corrected chi connectivity index (χ4v) is 1.49. The molecule has 0 aliphatic rings. The van der Waals surface area contributed by atoms with Crippen molar-refractivity contribution in [3.8, 4) is 5.75 Å². The number of carboxylic acid groups (broad SMARTS) is 1. The van der Waals surface area contributed by atoms with E-state index in [4.69, 9.17) is 4.74 Å². The van der Waals surface area contributed by atoms with Crippen LogP contribution in [-0.4, -0.2) is 24.1 Å². The highest BCUT2D eigenvalue weighted by molar-refractivity contribution is 5.82. The first-order chi connectivity index (χ1) is 8.54. The molecule has 0 aliphatic heterocycles. The maximum atomic E-state index is 11.2. The van der Waals surface area contributed by atoms with Crippen molar-refractivity contribution in [2.24, 2.45) is 0 Å². The number of hydrogen-bond acceptors (Lipinski definition) is 3. The van der Waals surface area contributed by atoms with Crippen LogP contribution >= 0.6 is 0 Å². The monoisotopic (exact) mass is 251 g/mol. The van der Waals surface area contributed by atoms with Gasteiger partial charge in [0.05, 0.1) is 6.61 Å². The Morgan fingerprint density at radius 2 is 2.06 bits per heavy atom. The topological polar surface area (TPSA) is 75.6 Å². The Balaban J connectivity index is 2.94. The first-order valence-corrected chi connectivity index (χ1v) is 5.72. The molecule has 1 aromatic carbocycles. The van der Waals surface area contributed by atoms with Crippen molar-refractivity contribution in [3.05, 3.63) is 29.8 Å². The van der Waals surface area contributed by atoms with Crippen LogP contribution in [0.15, 0.2) is 24.3 Å². The van der Waals surface area contributed by atoms with E-state index in [1.807, 2.05) is 6.92 Å². The van der Waals surface area contributed by atoms with Crippen LogP contribution in [0.5, 0.6) is 5.75 Å². The Morgan fingerprint density at radius 1 is 1.44 bits per heavy atom. The molecule has 18 heavy (non-hydrogen) atoms. The number of carboxylic acids is 1. The van der Waals surface area contributed by atoms with Gasteiger partial charge in [-0.25, -0.2) is 4.79 Å². The first-order valence-electron chi connectivity index (χ1n) is 5.72. The van der Waals surface area contributed by atoms with Crippen LogP contribution in [0.3, 0.4) is 0 Å². The molecule has 0 saturated carbocycles. The molecule has 0 aromatic heterocycles. The lowest BCUT2D eigenvalue weighted by Gasteiger charge is -2.24. The molecule has 1 amide bonds. The molecule has 0 saturated heterocycles. The van der Waals surface area contributed by atoms with Gasteiger partial charge in [-0.2, -0.15) is 0 Å². The normalized spacial score (nSPS) is 13.4. The van der Waals surface area contributed by atoms with E-state index >= 15 is 0 Å². The average molecular weight is 251 g/mol. The minimum absolute atomic E-state index is 0.385. The maximum absolute atomic E-state index is 11.2. The third kappa shape index (κ3) is 3.00. The third-order valence-electron chi connectivity index (χ3n) is 2.68. The second kappa shape index (κ2) is 6.05. The highest BCUT2D eigenvalue weighted by Crippen LogP contribution is 2.23. The van der Waals surface area contributed by atoms with E-state index in [9.17, 15) is 14.7 Å². The number of hydrogen-bond donors (Lipinski definition) is 2. The molecule has 0 bridgehead atoms. The second-order valence-electron chi connectivity index (χ2n) is 4.07. The summed E-state index contributed by atoms with van der Waals surface area (Å²) in [6.07, 6.45) is 1.29. The summed E-state index contributed by atoms with van der Waals surface area (Å²) in [4.78, 5) is 21.7. The number of rotatable bonds is 7. The van der Waals surface area contributed by atoms with Crippen LogP contribution in [0.25, 0.3) is 0 Å². The van der Waals surface area contributed by atoms with E-state index in [2.05, 4.69) is 5.32 Å². The summed E-state index contributed by atoms with van der Waals surface area (Å²) in [5.74, 6) is -0.434. The van der Waals surface area contributed by atoms with Gasteiger partial charge in [0.25, 0.3) is 0 Å². The number of nitrogens with one attached hydrogen (secondary N) is 1. The zero-order valence-corrected chi connectivity index (χ0v) is 10.5. The van der Waals surface area contributed by atoms with Crippen molar-refractivity contribution < 1.29 is 19.4 Å². The molecule has 5 heteroatoms. The number of aliphatic carboxylic acids is 1. The summed E-state index contributed by atoms with van der Waals surface area (Å²) in [5, 5.41) is 11.5. The molecule has 2 N–H and O–H groups in total. The Hall–Kier alpha value is -2.04. The van der Waals surface area contributed by atoms with Crippen LogP contribution in [0.1, 0.15) is 25.8 Å². The van der Waals surface area contributed by atoms with Gasteiger partial charge in [0, 0.05) is 0 Å². The number of benzene rings is 1. The average Bonchev–Trinajstić information content (AvgIpc) is 2.37. The summed E-state index contributed by atoms with van der Waals surface area (Å²) in [6, 6.07) is 6.66. The standard InChI is InChI=1S/C13H17NO4/c1-3-8-18-11-6-4-10(5-7-11)13(2,12(16)17)14-9-15/h4-7,9H,3,8H2,1-2H3,(H,14,15)(H,16,17). The van der Waals surface area contributed by atoms with Gasteiger partial charge in [-0.15, -0.1) is 0 Å². The van der Waals surface area contributed by atoms with Gasteiger partial charge in [0.1, 0.15) is 5.75 Å². The zero-order valence-electron chi connectivity index (χ0n) is 10.5. The second-order valence-corrected chi connectivity index (χ2v) is 4.07. The number of amides is 1. The Kier molecular flexibility index (Phi) is 4.71. The van der Waals surface area contributed by atoms with Crippen molar-refractivity contribution in [2.75, 3.05) is 6.61 Å². The van der Waals surface area contributed by atoms with E-state index in [-0.39, 0.29) is 0 Å². The highest BCUT2D eigenvalue weighted by atomic mass is 16.5. The van der Waals surface area contributed by atoms with Gasteiger partial charge in [-0.05, 0) is 31.0 Å². The molecule has 1 rings (SSSR count). The van der Waals surface area contributed by atoms with E-state index in [1.54, 1.807) is 24.3 Å². The molecule has 98 valence electrons. The van der Waals surface area contributed by atoms with Crippen molar-refractivity contribution in [3.63, 3.8) is 0 Å². The van der Waals surface area contributed by atoms with Crippen molar-refractivity contribution in [2.45, 2.75) is 25.8 Å². The number of ether oxygens (including phenoxy) is 1. The molecule has 0 aliphatic carbocycles. The minimum Gasteiger partial charge on any atom is -0.494 e. The largest absolute Gasteiger partial charge is 0.494 e. The van der Waals surface area contributed by atoms with E-state index in [1.165, 1.54) is 6.92 Å². The molecule has 0 fully saturated rings. The van der Waals surface area contributed by atoms with Crippen LogP contribution in [0.2, 0.25) is 0 Å². The van der Waals surface area contributed by atoms with E-state index in [0.29, 0.717) is 24.3 Å². The highest BCUT2D eigenvalue weighted by Gasteiger charge is 2.34. The summed E-state index contributed by atoms with van der Waals surface area (Å²) in [7, 11) is 0. The molecular formula is C13H17NO4. The fourth-order valence-electron chi connectivity index (χ4n) is 1.49. The molecule has 0 heterocycles. The maximum Gasteiger partial charge on any atom is 0.333 e. The van der Waals surface area contributed by atoms with Gasteiger partial charge in [0.15, 0.2) is 5.54 Å². The molecule has 0 radical (unpaired) electrons. The van der Waals surface area contributed by atoms with Crippen LogP contribution in [0.4, 0.5) is 0 Å². The Bertz CT molecular complexity index is 416. The van der Waals surface area contributed by atoms with Gasteiger partial charge < -0.3 is 15.2 Å². The van der Waals surface area contributed by atoms with E-state index in [0.717, 1.165) is 6.42 Å². The van der Waals surface area contributed by atoms with Crippen LogP contribution < -0.4 is 10.1 Å². The fraction of sp³-hybridized carbons (Fsp3) is 0.385. The third-order valence-corrected chi connectivity index (χ3v) is 2.68. The molecule has 1 aromatic rings. The predicted molar refractivity (Wildman–Crippen MR) is 66.4 cm³/mol. The lowest BCUT2D eigenvalue weighted by Crippen LogP contribution is -2.45. The van der Waals surface area contributed by atoms with Crippen LogP contribution in [0, 0.1) is 0 Å². The SMILES string of the molecule is CCCOc1ccc(C(C)(NC=O)C(=O)O)cc1. The minimum atomic E-state index is -1.43. The first kappa shape index (κ1) is 14.0. The van der Waals surface area contributed by atoms with Gasteiger partial charge in [-0.3, -0.25) is 4.79 Å². The molecule has 5 nitrogen and oxygen atoms in total. The van der Waals surface area contributed by atoms with Gasteiger partial charge >= 0.3 is 5.97 Å².